The molecule has 0 saturated heterocycles. The van der Waals surface area contributed by atoms with Crippen LogP contribution in [-0.4, -0.2) is 27.9 Å². The second kappa shape index (κ2) is 7.79. The van der Waals surface area contributed by atoms with Gasteiger partial charge in [0.25, 0.3) is 0 Å². The molecule has 0 atom stereocenters. The lowest BCUT2D eigenvalue weighted by Gasteiger charge is -2.38. The first-order valence-electron chi connectivity index (χ1n) is 9.32. The summed E-state index contributed by atoms with van der Waals surface area (Å²) in [4.78, 5) is 10.7. The Balaban J connectivity index is 1.93. The molecule has 140 valence electrons. The Morgan fingerprint density at radius 3 is 2.63 bits per heavy atom. The van der Waals surface area contributed by atoms with Crippen molar-refractivity contribution in [1.29, 1.82) is 0 Å². The quantitative estimate of drug-likeness (QED) is 0.839. The van der Waals surface area contributed by atoms with E-state index in [0.717, 1.165) is 42.7 Å². The molecule has 0 amide bonds. The van der Waals surface area contributed by atoms with Crippen molar-refractivity contribution < 1.29 is 14.6 Å². The van der Waals surface area contributed by atoms with Gasteiger partial charge in [-0.1, -0.05) is 19.8 Å². The van der Waals surface area contributed by atoms with Gasteiger partial charge >= 0.3 is 5.97 Å². The molecule has 1 aliphatic rings. The van der Waals surface area contributed by atoms with Crippen LogP contribution in [0.4, 0.5) is 0 Å². The maximum atomic E-state index is 10.7. The zero-order chi connectivity index (χ0) is 19.4. The first-order chi connectivity index (χ1) is 13.0. The summed E-state index contributed by atoms with van der Waals surface area (Å²) in [6.45, 7) is 7.26. The average molecular weight is 364 g/mol. The number of carboxylic acids is 1. The summed E-state index contributed by atoms with van der Waals surface area (Å²) < 4.78 is 5.91. The number of aliphatic carboxylic acids is 1. The molecule has 0 bridgehead atoms. The summed E-state index contributed by atoms with van der Waals surface area (Å²) in [7, 11) is 0. The summed E-state index contributed by atoms with van der Waals surface area (Å²) in [6, 6.07) is 7.60. The summed E-state index contributed by atoms with van der Waals surface area (Å²) in [6.07, 6.45) is 3.04. The molecule has 0 spiro atoms. The van der Waals surface area contributed by atoms with Gasteiger partial charge in [-0.15, -0.1) is 5.10 Å². The van der Waals surface area contributed by atoms with E-state index in [1.165, 1.54) is 5.56 Å². The third-order valence-corrected chi connectivity index (χ3v) is 5.47. The largest absolute Gasteiger partial charge is 0.493 e. The van der Waals surface area contributed by atoms with Gasteiger partial charge in [-0.3, -0.25) is 4.79 Å². The molecule has 0 radical (unpaired) electrons. The van der Waals surface area contributed by atoms with Crippen LogP contribution >= 0.6 is 0 Å². The lowest BCUT2D eigenvalue weighted by Crippen LogP contribution is -2.32. The summed E-state index contributed by atoms with van der Waals surface area (Å²) in [5.74, 6) is 6.29. The number of carboxylic acid groups (broad SMARTS) is 1. The number of hydrogen-bond donors (Lipinski definition) is 1. The fourth-order valence-corrected chi connectivity index (χ4v) is 3.63. The third-order valence-electron chi connectivity index (χ3n) is 5.47. The van der Waals surface area contributed by atoms with Crippen LogP contribution in [0.3, 0.4) is 0 Å². The maximum absolute atomic E-state index is 10.7. The van der Waals surface area contributed by atoms with E-state index in [2.05, 4.69) is 48.0 Å². The van der Waals surface area contributed by atoms with E-state index in [4.69, 9.17) is 9.84 Å². The number of hydrogen-bond acceptors (Lipinski definition) is 4. The minimum absolute atomic E-state index is 0.138. The van der Waals surface area contributed by atoms with Gasteiger partial charge in [0, 0.05) is 16.5 Å². The summed E-state index contributed by atoms with van der Waals surface area (Å²) >= 11 is 0. The third kappa shape index (κ3) is 3.95. The van der Waals surface area contributed by atoms with Gasteiger partial charge < -0.3 is 9.84 Å². The van der Waals surface area contributed by atoms with Crippen LogP contribution < -0.4 is 4.74 Å². The Hall–Kier alpha value is -2.87. The Labute approximate surface area is 159 Å². The van der Waals surface area contributed by atoms with E-state index in [1.54, 1.807) is 12.1 Å². The summed E-state index contributed by atoms with van der Waals surface area (Å²) in [5, 5.41) is 16.7. The van der Waals surface area contributed by atoms with Crippen LogP contribution in [0.5, 0.6) is 5.75 Å². The molecule has 5 heteroatoms. The molecule has 2 heterocycles. The minimum atomic E-state index is -0.926. The standard InChI is InChI=1S/C22H24N2O3/c1-4-22(5-2)10-11-27-20-12-15(3)16(13-19(20)22)6-7-17-8-9-18(24-23-17)14-21(25)26/h8-9,12-13H,4-5,10-11,14H2,1-3H3,(H,25,26). The second-order valence-corrected chi connectivity index (χ2v) is 6.98. The minimum Gasteiger partial charge on any atom is -0.493 e. The number of aryl methyl sites for hydroxylation is 1. The number of aromatic nitrogens is 2. The van der Waals surface area contributed by atoms with Crippen LogP contribution in [0.1, 0.15) is 61.2 Å². The smallest absolute Gasteiger partial charge is 0.309 e. The van der Waals surface area contributed by atoms with Crippen molar-refractivity contribution in [2.45, 2.75) is 51.9 Å². The normalized spacial score (nSPS) is 14.5. The number of carbonyl (C=O) groups is 1. The molecule has 0 saturated carbocycles. The van der Waals surface area contributed by atoms with Gasteiger partial charge in [0.15, 0.2) is 0 Å². The Morgan fingerprint density at radius 1 is 1.22 bits per heavy atom. The molecule has 5 nitrogen and oxygen atoms in total. The molecule has 2 aromatic rings. The molecule has 0 fully saturated rings. The van der Waals surface area contributed by atoms with Crippen molar-refractivity contribution >= 4 is 5.97 Å². The van der Waals surface area contributed by atoms with Crippen molar-refractivity contribution in [2.24, 2.45) is 0 Å². The van der Waals surface area contributed by atoms with Gasteiger partial charge in [-0.2, -0.15) is 5.10 Å². The predicted molar refractivity (Wildman–Crippen MR) is 103 cm³/mol. The molecule has 0 unspecified atom stereocenters. The van der Waals surface area contributed by atoms with E-state index in [1.807, 2.05) is 6.92 Å². The van der Waals surface area contributed by atoms with E-state index in [9.17, 15) is 4.79 Å². The molecule has 0 aliphatic carbocycles. The van der Waals surface area contributed by atoms with Crippen LogP contribution in [0.15, 0.2) is 24.3 Å². The van der Waals surface area contributed by atoms with Crippen molar-refractivity contribution in [3.63, 3.8) is 0 Å². The van der Waals surface area contributed by atoms with E-state index >= 15 is 0 Å². The Kier molecular flexibility index (Phi) is 5.46. The lowest BCUT2D eigenvalue weighted by atomic mass is 9.71. The highest BCUT2D eigenvalue weighted by atomic mass is 16.5. The van der Waals surface area contributed by atoms with E-state index in [0.29, 0.717) is 11.4 Å². The summed E-state index contributed by atoms with van der Waals surface area (Å²) in [5.41, 5.74) is 4.37. The Morgan fingerprint density at radius 2 is 2.00 bits per heavy atom. The van der Waals surface area contributed by atoms with Gasteiger partial charge in [0.05, 0.1) is 18.7 Å². The maximum Gasteiger partial charge on any atom is 0.309 e. The zero-order valence-corrected chi connectivity index (χ0v) is 16.0. The van der Waals surface area contributed by atoms with Crippen LogP contribution in [0, 0.1) is 18.8 Å². The predicted octanol–water partition coefficient (Wildman–Crippen LogP) is 3.65. The van der Waals surface area contributed by atoms with Crippen molar-refractivity contribution in [1.82, 2.24) is 10.2 Å². The van der Waals surface area contributed by atoms with Gasteiger partial charge in [-0.05, 0) is 61.9 Å². The van der Waals surface area contributed by atoms with Crippen LogP contribution in [-0.2, 0) is 16.6 Å². The number of ether oxygens (including phenoxy) is 1. The molecular weight excluding hydrogens is 340 g/mol. The highest BCUT2D eigenvalue weighted by molar-refractivity contribution is 5.69. The first kappa shape index (κ1) is 18.9. The Bertz CT molecular complexity index is 904. The molecule has 1 aliphatic heterocycles. The average Bonchev–Trinajstić information content (AvgIpc) is 2.66. The number of nitrogens with zero attached hydrogens (tertiary/aromatic N) is 2. The highest BCUT2D eigenvalue weighted by Gasteiger charge is 2.35. The number of rotatable bonds is 4. The van der Waals surface area contributed by atoms with Gasteiger partial charge in [0.1, 0.15) is 11.4 Å². The molecule has 1 aromatic carbocycles. The van der Waals surface area contributed by atoms with Crippen molar-refractivity contribution in [3.05, 3.63) is 52.3 Å². The topological polar surface area (TPSA) is 72.3 Å². The SMILES string of the molecule is CCC1(CC)CCOc2cc(C)c(C#Cc3ccc(CC(=O)O)nn3)cc21. The van der Waals surface area contributed by atoms with Crippen LogP contribution in [0.2, 0.25) is 0 Å². The highest BCUT2D eigenvalue weighted by Crippen LogP contribution is 2.44. The second-order valence-electron chi connectivity index (χ2n) is 6.98. The molecule has 3 rings (SSSR count). The molecule has 1 N–H and O–H groups in total. The fraction of sp³-hybridized carbons (Fsp3) is 0.409. The number of fused-ring (bicyclic) bond motifs is 1. The monoisotopic (exact) mass is 364 g/mol. The zero-order valence-electron chi connectivity index (χ0n) is 16.0. The lowest BCUT2D eigenvalue weighted by molar-refractivity contribution is -0.136. The van der Waals surface area contributed by atoms with E-state index in [-0.39, 0.29) is 11.8 Å². The van der Waals surface area contributed by atoms with Gasteiger partial charge in [0.2, 0.25) is 0 Å². The molecule has 27 heavy (non-hydrogen) atoms. The van der Waals surface area contributed by atoms with Crippen molar-refractivity contribution in [3.8, 4) is 17.6 Å². The number of benzene rings is 1. The van der Waals surface area contributed by atoms with Crippen molar-refractivity contribution in [2.75, 3.05) is 6.61 Å². The van der Waals surface area contributed by atoms with E-state index < -0.39 is 5.97 Å². The van der Waals surface area contributed by atoms with Gasteiger partial charge in [-0.25, -0.2) is 0 Å². The first-order valence-corrected chi connectivity index (χ1v) is 9.32. The van der Waals surface area contributed by atoms with Crippen LogP contribution in [0.25, 0.3) is 0 Å². The molecular formula is C22H24N2O3. The molecule has 1 aromatic heterocycles. The fourth-order valence-electron chi connectivity index (χ4n) is 3.63.